The molecule has 0 aromatic heterocycles. The van der Waals surface area contributed by atoms with Gasteiger partial charge in [0.1, 0.15) is 18.6 Å². The second-order valence-corrected chi connectivity index (χ2v) is 5.24. The van der Waals surface area contributed by atoms with Gasteiger partial charge in [-0.3, -0.25) is 0 Å². The predicted molar refractivity (Wildman–Crippen MR) is 68.7 cm³/mol. The van der Waals surface area contributed by atoms with Crippen molar-refractivity contribution in [3.05, 3.63) is 0 Å². The molecule has 0 aliphatic carbocycles. The second-order valence-electron chi connectivity index (χ2n) is 5.24. The molecule has 2 aliphatic rings. The van der Waals surface area contributed by atoms with Crippen molar-refractivity contribution in [2.24, 2.45) is 15.4 Å². The summed E-state index contributed by atoms with van der Waals surface area (Å²) in [7, 11) is 0. The average molecular weight is 238 g/mol. The van der Waals surface area contributed by atoms with E-state index in [9.17, 15) is 0 Å². The number of nitrogens with zero attached hydrogens (tertiary/aromatic N) is 2. The van der Waals surface area contributed by atoms with Crippen LogP contribution in [-0.4, -0.2) is 37.1 Å². The van der Waals surface area contributed by atoms with Gasteiger partial charge in [0.2, 0.25) is 0 Å². The quantitative estimate of drug-likeness (QED) is 0.755. The molecule has 4 heteroatoms. The Morgan fingerprint density at radius 3 is 1.71 bits per heavy atom. The predicted octanol–water partition coefficient (Wildman–Crippen LogP) is 2.43. The van der Waals surface area contributed by atoms with E-state index >= 15 is 0 Å². The van der Waals surface area contributed by atoms with E-state index in [4.69, 9.17) is 9.47 Å². The Morgan fingerprint density at radius 1 is 1.00 bits per heavy atom. The maximum Gasteiger partial charge on any atom is 0.199 e. The van der Waals surface area contributed by atoms with Crippen molar-refractivity contribution in [1.82, 2.24) is 0 Å². The minimum Gasteiger partial charge on any atom is -0.478 e. The van der Waals surface area contributed by atoms with Crippen LogP contribution in [0.1, 0.15) is 40.5 Å². The number of hydrogen-bond acceptors (Lipinski definition) is 4. The summed E-state index contributed by atoms with van der Waals surface area (Å²) in [5, 5.41) is 0. The summed E-state index contributed by atoms with van der Waals surface area (Å²) in [6.07, 6.45) is 2.04. The largest absolute Gasteiger partial charge is 0.478 e. The molecule has 0 spiro atoms. The highest BCUT2D eigenvalue weighted by Gasteiger charge is 2.40. The van der Waals surface area contributed by atoms with E-state index in [0.717, 1.165) is 24.6 Å². The van der Waals surface area contributed by atoms with Crippen LogP contribution in [0.2, 0.25) is 0 Å². The molecule has 96 valence electrons. The molecule has 0 N–H and O–H groups in total. The van der Waals surface area contributed by atoms with Crippen LogP contribution in [0.3, 0.4) is 0 Å². The molecule has 2 atom stereocenters. The summed E-state index contributed by atoms with van der Waals surface area (Å²) >= 11 is 0. The fourth-order valence-corrected chi connectivity index (χ4v) is 2.02. The fraction of sp³-hybridized carbons (Fsp3) is 0.846. The monoisotopic (exact) mass is 238 g/mol. The minimum atomic E-state index is -0.326. The molecule has 2 rings (SSSR count). The highest BCUT2D eigenvalue weighted by atomic mass is 16.5. The van der Waals surface area contributed by atoms with Gasteiger partial charge in [0, 0.05) is 0 Å². The van der Waals surface area contributed by atoms with Crippen LogP contribution in [0, 0.1) is 5.41 Å². The lowest BCUT2D eigenvalue weighted by atomic mass is 9.93. The topological polar surface area (TPSA) is 43.2 Å². The molecule has 0 bridgehead atoms. The Bertz CT molecular complexity index is 315. The molecule has 0 unspecified atom stereocenters. The highest BCUT2D eigenvalue weighted by molar-refractivity contribution is 6.05. The standard InChI is InChI=1S/C13H22N2O2/c1-5-9-7-16-11(14-9)13(3,4)12-15-10(6-2)8-17-12/h9-10H,5-8H2,1-4H3/t9-,10-/m1/s1. The third-order valence-electron chi connectivity index (χ3n) is 3.44. The van der Waals surface area contributed by atoms with Crippen LogP contribution < -0.4 is 0 Å². The van der Waals surface area contributed by atoms with Gasteiger partial charge in [-0.25, -0.2) is 9.98 Å². The van der Waals surface area contributed by atoms with Gasteiger partial charge in [0.05, 0.1) is 12.1 Å². The van der Waals surface area contributed by atoms with Crippen LogP contribution in [0.5, 0.6) is 0 Å². The number of ether oxygens (including phenoxy) is 2. The smallest absolute Gasteiger partial charge is 0.199 e. The Labute approximate surface area is 103 Å². The summed E-state index contributed by atoms with van der Waals surface area (Å²) in [6, 6.07) is 0.599. The first-order valence-electron chi connectivity index (χ1n) is 6.50. The van der Waals surface area contributed by atoms with Crippen LogP contribution >= 0.6 is 0 Å². The van der Waals surface area contributed by atoms with Gasteiger partial charge < -0.3 is 9.47 Å². The maximum absolute atomic E-state index is 5.69. The molecule has 0 fully saturated rings. The second kappa shape index (κ2) is 4.67. The summed E-state index contributed by atoms with van der Waals surface area (Å²) in [5.74, 6) is 1.56. The van der Waals surface area contributed by atoms with Gasteiger partial charge >= 0.3 is 0 Å². The zero-order chi connectivity index (χ0) is 12.5. The molecule has 0 saturated heterocycles. The molecular weight excluding hydrogens is 216 g/mol. The number of hydrogen-bond donors (Lipinski definition) is 0. The molecule has 17 heavy (non-hydrogen) atoms. The highest BCUT2D eigenvalue weighted by Crippen LogP contribution is 2.29. The first-order valence-corrected chi connectivity index (χ1v) is 6.50. The zero-order valence-corrected chi connectivity index (χ0v) is 11.2. The molecule has 0 radical (unpaired) electrons. The van der Waals surface area contributed by atoms with Crippen molar-refractivity contribution in [2.45, 2.75) is 52.6 Å². The van der Waals surface area contributed by atoms with Crippen molar-refractivity contribution in [3.8, 4) is 0 Å². The lowest BCUT2D eigenvalue weighted by Gasteiger charge is -2.22. The Morgan fingerprint density at radius 2 is 1.41 bits per heavy atom. The van der Waals surface area contributed by atoms with Crippen molar-refractivity contribution in [3.63, 3.8) is 0 Å². The van der Waals surface area contributed by atoms with Gasteiger partial charge in [-0.15, -0.1) is 0 Å². The van der Waals surface area contributed by atoms with E-state index in [1.54, 1.807) is 0 Å². The number of rotatable bonds is 4. The van der Waals surface area contributed by atoms with Gasteiger partial charge in [-0.05, 0) is 26.7 Å². The molecule has 2 aliphatic heterocycles. The molecule has 2 heterocycles. The molecule has 0 aromatic rings. The first-order chi connectivity index (χ1) is 8.07. The maximum atomic E-state index is 5.69. The Kier molecular flexibility index (Phi) is 3.40. The van der Waals surface area contributed by atoms with E-state index < -0.39 is 0 Å². The third-order valence-corrected chi connectivity index (χ3v) is 3.44. The molecule has 4 nitrogen and oxygen atoms in total. The first kappa shape index (κ1) is 12.4. The van der Waals surface area contributed by atoms with Gasteiger partial charge in [-0.2, -0.15) is 0 Å². The lowest BCUT2D eigenvalue weighted by Crippen LogP contribution is -2.34. The molecule has 0 saturated carbocycles. The van der Waals surface area contributed by atoms with Gasteiger partial charge in [-0.1, -0.05) is 13.8 Å². The van der Waals surface area contributed by atoms with Crippen LogP contribution in [0.4, 0.5) is 0 Å². The molecule has 0 amide bonds. The summed E-state index contributed by atoms with van der Waals surface area (Å²) < 4.78 is 11.4. The Balaban J connectivity index is 2.14. The van der Waals surface area contributed by atoms with Crippen molar-refractivity contribution in [1.29, 1.82) is 0 Å². The normalized spacial score (nSPS) is 28.5. The van der Waals surface area contributed by atoms with E-state index in [-0.39, 0.29) is 5.41 Å². The summed E-state index contributed by atoms with van der Waals surface area (Å²) in [5.41, 5.74) is -0.326. The Hall–Kier alpha value is -1.06. The molecule has 0 aromatic carbocycles. The zero-order valence-electron chi connectivity index (χ0n) is 11.2. The van der Waals surface area contributed by atoms with Crippen LogP contribution in [-0.2, 0) is 9.47 Å². The average Bonchev–Trinajstić information content (AvgIpc) is 2.98. The van der Waals surface area contributed by atoms with E-state index in [2.05, 4.69) is 37.7 Å². The van der Waals surface area contributed by atoms with E-state index in [1.807, 2.05) is 0 Å². The van der Waals surface area contributed by atoms with E-state index in [0.29, 0.717) is 25.3 Å². The summed E-state index contributed by atoms with van der Waals surface area (Å²) in [4.78, 5) is 9.21. The van der Waals surface area contributed by atoms with Crippen molar-refractivity contribution >= 4 is 11.8 Å². The molecular formula is C13H22N2O2. The van der Waals surface area contributed by atoms with Crippen molar-refractivity contribution < 1.29 is 9.47 Å². The van der Waals surface area contributed by atoms with Crippen LogP contribution in [0.15, 0.2) is 9.98 Å². The third kappa shape index (κ3) is 2.31. The lowest BCUT2D eigenvalue weighted by molar-refractivity contribution is 0.262. The number of aliphatic imine (C=N–C) groups is 2. The van der Waals surface area contributed by atoms with Gasteiger partial charge in [0.15, 0.2) is 11.8 Å². The van der Waals surface area contributed by atoms with Gasteiger partial charge in [0.25, 0.3) is 0 Å². The fourth-order valence-electron chi connectivity index (χ4n) is 2.02. The minimum absolute atomic E-state index is 0.299. The van der Waals surface area contributed by atoms with E-state index in [1.165, 1.54) is 0 Å². The summed E-state index contributed by atoms with van der Waals surface area (Å²) in [6.45, 7) is 9.79. The van der Waals surface area contributed by atoms with Crippen molar-refractivity contribution in [2.75, 3.05) is 13.2 Å². The SMILES string of the molecule is CC[C@@H]1COC(C(C)(C)C2=N[C@H](CC)CO2)=N1. The van der Waals surface area contributed by atoms with Crippen LogP contribution in [0.25, 0.3) is 0 Å².